The zero-order valence-corrected chi connectivity index (χ0v) is 20.2. The van der Waals surface area contributed by atoms with Crippen LogP contribution in [0.4, 0.5) is 5.82 Å². The number of pyridine rings is 2. The number of rotatable bonds is 8. The van der Waals surface area contributed by atoms with Crippen molar-refractivity contribution in [2.45, 2.75) is 61.1 Å². The van der Waals surface area contributed by atoms with Gasteiger partial charge in [-0.25, -0.2) is 13.4 Å². The number of aromatic nitrogens is 2. The molecule has 2 aliphatic rings. The summed E-state index contributed by atoms with van der Waals surface area (Å²) >= 11 is 0. The summed E-state index contributed by atoms with van der Waals surface area (Å²) in [5.74, 6) is -0.708. The van der Waals surface area contributed by atoms with Crippen molar-refractivity contribution < 1.29 is 22.7 Å². The average molecular weight is 503 g/mol. The van der Waals surface area contributed by atoms with Crippen molar-refractivity contribution in [3.05, 3.63) is 52.6 Å². The second-order valence-corrected chi connectivity index (χ2v) is 11.4. The van der Waals surface area contributed by atoms with Crippen LogP contribution in [0.15, 0.2) is 46.3 Å². The number of primary amides is 1. The van der Waals surface area contributed by atoms with Crippen LogP contribution in [0.5, 0.6) is 0 Å². The number of nitrogens with two attached hydrogens (primary N) is 1. The fourth-order valence-corrected chi connectivity index (χ4v) is 6.62. The smallest absolute Gasteiger partial charge is 0.252 e. The summed E-state index contributed by atoms with van der Waals surface area (Å²) in [6.45, 7) is 1.17. The second kappa shape index (κ2) is 10.7. The van der Waals surface area contributed by atoms with Crippen LogP contribution in [-0.2, 0) is 19.4 Å². The van der Waals surface area contributed by atoms with E-state index in [2.05, 4.69) is 10.3 Å². The van der Waals surface area contributed by atoms with Crippen LogP contribution >= 0.6 is 0 Å². The van der Waals surface area contributed by atoms with Crippen molar-refractivity contribution in [2.75, 3.05) is 18.5 Å². The molecule has 35 heavy (non-hydrogen) atoms. The quantitative estimate of drug-likeness (QED) is 0.561. The maximum atomic E-state index is 13.3. The van der Waals surface area contributed by atoms with Gasteiger partial charge in [0, 0.05) is 31.7 Å². The van der Waals surface area contributed by atoms with Crippen molar-refractivity contribution in [1.82, 2.24) is 9.55 Å². The fraction of sp³-hybridized carbons (Fsp3) is 0.500. The predicted molar refractivity (Wildman–Crippen MR) is 129 cm³/mol. The number of sulfone groups is 1. The van der Waals surface area contributed by atoms with Gasteiger partial charge < -0.3 is 20.4 Å². The van der Waals surface area contributed by atoms with Gasteiger partial charge in [0.1, 0.15) is 11.9 Å². The number of hydrogen-bond acceptors (Lipinski definition) is 7. The van der Waals surface area contributed by atoms with E-state index in [1.807, 2.05) is 0 Å². The molecule has 1 atom stereocenters. The second-order valence-electron chi connectivity index (χ2n) is 9.15. The summed E-state index contributed by atoms with van der Waals surface area (Å²) in [6.07, 6.45) is 7.51. The molecule has 1 aliphatic carbocycles. The topological polar surface area (TPSA) is 150 Å². The van der Waals surface area contributed by atoms with Gasteiger partial charge in [-0.3, -0.25) is 14.4 Å². The van der Waals surface area contributed by atoms with E-state index in [-0.39, 0.29) is 22.2 Å². The molecule has 1 saturated carbocycles. The van der Waals surface area contributed by atoms with E-state index >= 15 is 0 Å². The summed E-state index contributed by atoms with van der Waals surface area (Å²) < 4.78 is 32.6. The van der Waals surface area contributed by atoms with E-state index in [0.717, 1.165) is 31.7 Å². The van der Waals surface area contributed by atoms with Gasteiger partial charge >= 0.3 is 0 Å². The number of carbonyl (C=O) groups excluding carboxylic acids is 2. The number of amides is 2. The van der Waals surface area contributed by atoms with Crippen molar-refractivity contribution in [3.63, 3.8) is 0 Å². The number of ether oxygens (including phenoxy) is 1. The van der Waals surface area contributed by atoms with Gasteiger partial charge in [-0.2, -0.15) is 0 Å². The van der Waals surface area contributed by atoms with Gasteiger partial charge in [-0.1, -0.05) is 12.8 Å². The summed E-state index contributed by atoms with van der Waals surface area (Å²) in [7, 11) is -3.59. The van der Waals surface area contributed by atoms with Crippen molar-refractivity contribution >= 4 is 27.5 Å². The molecule has 4 rings (SSSR count). The molecule has 2 fully saturated rings. The molecule has 0 radical (unpaired) electrons. The Labute approximate surface area is 203 Å². The number of nitrogens with one attached hydrogen (secondary N) is 1. The molecule has 2 aromatic heterocycles. The molecule has 10 nitrogen and oxygen atoms in total. The first-order valence-electron chi connectivity index (χ1n) is 11.9. The molecule has 0 bridgehead atoms. The summed E-state index contributed by atoms with van der Waals surface area (Å²) in [5, 5.41) is 2.24. The molecule has 11 heteroatoms. The van der Waals surface area contributed by atoms with Crippen LogP contribution in [0.2, 0.25) is 0 Å². The average Bonchev–Trinajstić information content (AvgIpc) is 3.40. The Balaban J connectivity index is 1.60. The molecule has 0 unspecified atom stereocenters. The third kappa shape index (κ3) is 5.79. The third-order valence-electron chi connectivity index (χ3n) is 6.82. The molecule has 3 N–H and O–H groups in total. The van der Waals surface area contributed by atoms with Crippen LogP contribution in [0, 0.1) is 5.92 Å². The third-order valence-corrected chi connectivity index (χ3v) is 9.08. The predicted octanol–water partition coefficient (Wildman–Crippen LogP) is 2.05. The minimum atomic E-state index is -3.59. The van der Waals surface area contributed by atoms with Crippen molar-refractivity contribution in [2.24, 2.45) is 11.7 Å². The van der Waals surface area contributed by atoms with E-state index in [9.17, 15) is 22.8 Å². The monoisotopic (exact) mass is 502 g/mol. The molecular formula is C24H30N4O6S. The Morgan fingerprint density at radius 3 is 2.46 bits per heavy atom. The van der Waals surface area contributed by atoms with Crippen LogP contribution in [-0.4, -0.2) is 48.2 Å². The molecule has 0 aromatic carbocycles. The maximum Gasteiger partial charge on any atom is 0.252 e. The van der Waals surface area contributed by atoms with Gasteiger partial charge in [-0.15, -0.1) is 0 Å². The number of carbonyl (C=O) groups is 2. The number of nitrogens with zero attached hydrogens (tertiary/aromatic N) is 2. The Bertz CT molecular complexity index is 1230. The Morgan fingerprint density at radius 2 is 1.86 bits per heavy atom. The van der Waals surface area contributed by atoms with E-state index in [1.165, 1.54) is 35.2 Å². The van der Waals surface area contributed by atoms with Gasteiger partial charge in [0.05, 0.1) is 15.7 Å². The minimum absolute atomic E-state index is 0.000387. The lowest BCUT2D eigenvalue weighted by Crippen LogP contribution is -2.35. The lowest BCUT2D eigenvalue weighted by Gasteiger charge is -2.27. The van der Waals surface area contributed by atoms with Gasteiger partial charge in [-0.05, 0) is 56.2 Å². The minimum Gasteiger partial charge on any atom is -0.381 e. The van der Waals surface area contributed by atoms with E-state index < -0.39 is 38.5 Å². The van der Waals surface area contributed by atoms with Gasteiger partial charge in [0.25, 0.3) is 5.56 Å². The molecule has 0 spiro atoms. The summed E-state index contributed by atoms with van der Waals surface area (Å²) in [6, 6.07) is 4.58. The Morgan fingerprint density at radius 1 is 1.14 bits per heavy atom. The van der Waals surface area contributed by atoms with E-state index in [4.69, 9.17) is 10.5 Å². The molecule has 188 valence electrons. The van der Waals surface area contributed by atoms with Gasteiger partial charge in [0.2, 0.25) is 11.8 Å². The SMILES string of the molecule is NC(=O)c1ccc(NC(=O)[C@H](CC2CCOCC2)n2ccc(S(=O)(=O)C3CCCC3)cc2=O)nc1. The van der Waals surface area contributed by atoms with E-state index in [0.29, 0.717) is 32.5 Å². The maximum absolute atomic E-state index is 13.3. The van der Waals surface area contributed by atoms with Crippen LogP contribution < -0.4 is 16.6 Å². The number of anilines is 1. The van der Waals surface area contributed by atoms with Gasteiger partial charge in [0.15, 0.2) is 9.84 Å². The first-order chi connectivity index (χ1) is 16.8. The highest BCUT2D eigenvalue weighted by Crippen LogP contribution is 2.30. The Hall–Kier alpha value is -3.05. The molecule has 2 aromatic rings. The summed E-state index contributed by atoms with van der Waals surface area (Å²) in [4.78, 5) is 41.7. The lowest BCUT2D eigenvalue weighted by molar-refractivity contribution is -0.120. The van der Waals surface area contributed by atoms with Crippen molar-refractivity contribution in [3.8, 4) is 0 Å². The largest absolute Gasteiger partial charge is 0.381 e. The zero-order chi connectivity index (χ0) is 25.0. The number of hydrogen-bond donors (Lipinski definition) is 2. The highest BCUT2D eigenvalue weighted by molar-refractivity contribution is 7.92. The highest BCUT2D eigenvalue weighted by atomic mass is 32.2. The van der Waals surface area contributed by atoms with Crippen molar-refractivity contribution in [1.29, 1.82) is 0 Å². The molecule has 2 amide bonds. The molecule has 1 saturated heterocycles. The lowest BCUT2D eigenvalue weighted by atomic mass is 9.92. The molecular weight excluding hydrogens is 472 g/mol. The van der Waals surface area contributed by atoms with Crippen LogP contribution in [0.25, 0.3) is 0 Å². The highest BCUT2D eigenvalue weighted by Gasteiger charge is 2.32. The van der Waals surface area contributed by atoms with Crippen LogP contribution in [0.1, 0.15) is 61.3 Å². The summed E-state index contributed by atoms with van der Waals surface area (Å²) in [5.41, 5.74) is 4.89. The van der Waals surface area contributed by atoms with Crippen LogP contribution in [0.3, 0.4) is 0 Å². The first kappa shape index (κ1) is 25.1. The standard InChI is InChI=1S/C24H30N4O6S/c25-23(30)17-5-6-21(26-15-17)27-24(31)20(13-16-8-11-34-12-9-16)28-10-7-19(14-22(28)29)35(32,33)18-3-1-2-4-18/h5-7,10,14-16,18,20H,1-4,8-9,11-13H2,(H2,25,30)(H,26,27,31)/t20-/m0/s1. The Kier molecular flexibility index (Phi) is 7.66. The first-order valence-corrected chi connectivity index (χ1v) is 13.4. The molecule has 3 heterocycles. The molecule has 1 aliphatic heterocycles. The fourth-order valence-electron chi connectivity index (χ4n) is 4.76. The zero-order valence-electron chi connectivity index (χ0n) is 19.4. The van der Waals surface area contributed by atoms with E-state index in [1.54, 1.807) is 0 Å². The normalized spacial score (nSPS) is 18.3.